The fourth-order valence-corrected chi connectivity index (χ4v) is 7.77. The number of hydrogen-bond donors (Lipinski definition) is 0. The summed E-state index contributed by atoms with van der Waals surface area (Å²) >= 11 is 0. The van der Waals surface area contributed by atoms with Crippen LogP contribution in [0.2, 0.25) is 0 Å². The highest BCUT2D eigenvalue weighted by molar-refractivity contribution is 5.83. The lowest BCUT2D eigenvalue weighted by Crippen LogP contribution is -2.59. The third-order valence-corrected chi connectivity index (χ3v) is 9.43. The summed E-state index contributed by atoms with van der Waals surface area (Å²) in [4.78, 5) is 25.0. The van der Waals surface area contributed by atoms with Crippen LogP contribution in [0.25, 0.3) is 0 Å². The summed E-state index contributed by atoms with van der Waals surface area (Å²) < 4.78 is 17.2. The van der Waals surface area contributed by atoms with E-state index in [2.05, 4.69) is 13.8 Å². The SMILES string of the molecule is COC1(OC)CC[C@@]2(C)C(C1)C(=O)C[C@@H]1[C@@H]2CC[C@]2(C)C(OC(C)=O)CC[C@@H]12. The number of fused-ring (bicyclic) bond motifs is 5. The molecule has 4 aliphatic rings. The molecule has 0 aliphatic heterocycles. The van der Waals surface area contributed by atoms with Crippen LogP contribution >= 0.6 is 0 Å². The van der Waals surface area contributed by atoms with Crippen molar-refractivity contribution < 1.29 is 23.8 Å². The average molecular weight is 393 g/mol. The van der Waals surface area contributed by atoms with Crippen molar-refractivity contribution in [3.05, 3.63) is 0 Å². The molecule has 0 aromatic rings. The number of hydrogen-bond acceptors (Lipinski definition) is 5. The van der Waals surface area contributed by atoms with Gasteiger partial charge in [-0.15, -0.1) is 0 Å². The topological polar surface area (TPSA) is 61.8 Å². The Morgan fingerprint density at radius 1 is 0.964 bits per heavy atom. The van der Waals surface area contributed by atoms with Crippen LogP contribution < -0.4 is 0 Å². The molecule has 0 aromatic heterocycles. The maximum Gasteiger partial charge on any atom is 0.302 e. The summed E-state index contributed by atoms with van der Waals surface area (Å²) in [5.74, 6) is 1.10. The highest BCUT2D eigenvalue weighted by Gasteiger charge is 2.64. The van der Waals surface area contributed by atoms with E-state index in [1.807, 2.05) is 0 Å². The maximum absolute atomic E-state index is 13.4. The molecular weight excluding hydrogens is 356 g/mol. The Kier molecular flexibility index (Phi) is 4.94. The molecule has 0 aromatic carbocycles. The van der Waals surface area contributed by atoms with Crippen molar-refractivity contribution in [2.45, 2.75) is 84.0 Å². The third-order valence-electron chi connectivity index (χ3n) is 9.43. The Morgan fingerprint density at radius 3 is 2.29 bits per heavy atom. The number of methoxy groups -OCH3 is 2. The molecule has 0 spiro atoms. The van der Waals surface area contributed by atoms with Crippen LogP contribution in [0.1, 0.15) is 72.1 Å². The molecule has 4 saturated carbocycles. The van der Waals surface area contributed by atoms with Crippen molar-refractivity contribution in [1.82, 2.24) is 0 Å². The van der Waals surface area contributed by atoms with Crippen LogP contribution in [-0.4, -0.2) is 37.9 Å². The van der Waals surface area contributed by atoms with Gasteiger partial charge in [-0.05, 0) is 55.3 Å². The van der Waals surface area contributed by atoms with Gasteiger partial charge in [-0.25, -0.2) is 0 Å². The molecule has 4 aliphatic carbocycles. The normalized spacial score (nSPS) is 47.0. The Bertz CT molecular complexity index is 655. The van der Waals surface area contributed by atoms with Gasteiger partial charge in [0.05, 0.1) is 0 Å². The van der Waals surface area contributed by atoms with Gasteiger partial charge < -0.3 is 14.2 Å². The fourth-order valence-electron chi connectivity index (χ4n) is 7.77. The van der Waals surface area contributed by atoms with E-state index in [0.717, 1.165) is 38.5 Å². The second-order valence-corrected chi connectivity index (χ2v) is 10.3. The van der Waals surface area contributed by atoms with Crippen molar-refractivity contribution in [2.24, 2.45) is 34.5 Å². The summed E-state index contributed by atoms with van der Waals surface area (Å²) in [6.07, 6.45) is 7.41. The van der Waals surface area contributed by atoms with Gasteiger partial charge >= 0.3 is 5.97 Å². The largest absolute Gasteiger partial charge is 0.462 e. The Labute approximate surface area is 168 Å². The molecule has 4 fully saturated rings. The van der Waals surface area contributed by atoms with E-state index in [1.54, 1.807) is 14.2 Å². The van der Waals surface area contributed by atoms with Crippen molar-refractivity contribution in [3.63, 3.8) is 0 Å². The number of carbonyl (C=O) groups excluding carboxylic acids is 2. The lowest BCUT2D eigenvalue weighted by atomic mass is 9.44. The number of ketones is 1. The minimum absolute atomic E-state index is 0.0116. The number of ether oxygens (including phenoxy) is 3. The zero-order valence-corrected chi connectivity index (χ0v) is 18.1. The molecule has 5 heteroatoms. The van der Waals surface area contributed by atoms with Crippen LogP contribution in [0.4, 0.5) is 0 Å². The number of rotatable bonds is 3. The summed E-state index contributed by atoms with van der Waals surface area (Å²) in [5, 5.41) is 0. The monoisotopic (exact) mass is 392 g/mol. The summed E-state index contributed by atoms with van der Waals surface area (Å²) in [6.45, 7) is 6.16. The van der Waals surface area contributed by atoms with E-state index < -0.39 is 5.79 Å². The van der Waals surface area contributed by atoms with E-state index in [1.165, 1.54) is 6.92 Å². The summed E-state index contributed by atoms with van der Waals surface area (Å²) in [7, 11) is 3.39. The first-order valence-corrected chi connectivity index (χ1v) is 11.0. The molecule has 4 rings (SSSR count). The van der Waals surface area contributed by atoms with Crippen LogP contribution in [0.5, 0.6) is 0 Å². The standard InChI is InChI=1S/C23H36O5/c1-14(24)28-20-7-6-16-15-12-19(25)18-13-23(26-4,27-5)11-10-21(18,2)17(15)8-9-22(16,20)3/h15-18,20H,6-13H2,1-5H3/t15-,16-,17-,18?,20?,21+,22-/m0/s1. The summed E-state index contributed by atoms with van der Waals surface area (Å²) in [6, 6.07) is 0. The van der Waals surface area contributed by atoms with Gasteiger partial charge in [0.15, 0.2) is 5.79 Å². The van der Waals surface area contributed by atoms with Crippen LogP contribution in [-0.2, 0) is 23.8 Å². The predicted molar refractivity (Wildman–Crippen MR) is 104 cm³/mol. The molecule has 158 valence electrons. The zero-order chi connectivity index (χ0) is 20.3. The second kappa shape index (κ2) is 6.80. The molecule has 0 N–H and O–H groups in total. The molecule has 0 heterocycles. The number of carbonyl (C=O) groups is 2. The van der Waals surface area contributed by atoms with E-state index in [9.17, 15) is 9.59 Å². The third kappa shape index (κ3) is 2.79. The van der Waals surface area contributed by atoms with Gasteiger partial charge in [-0.2, -0.15) is 0 Å². The molecule has 0 bridgehead atoms. The minimum Gasteiger partial charge on any atom is -0.462 e. The molecule has 7 atom stereocenters. The van der Waals surface area contributed by atoms with Crippen molar-refractivity contribution >= 4 is 11.8 Å². The van der Waals surface area contributed by atoms with Crippen molar-refractivity contribution in [2.75, 3.05) is 14.2 Å². The molecule has 2 unspecified atom stereocenters. The zero-order valence-electron chi connectivity index (χ0n) is 18.1. The van der Waals surface area contributed by atoms with Crippen LogP contribution in [0, 0.1) is 34.5 Å². The second-order valence-electron chi connectivity index (χ2n) is 10.3. The first kappa shape index (κ1) is 20.3. The minimum atomic E-state index is -0.608. The van der Waals surface area contributed by atoms with E-state index in [4.69, 9.17) is 14.2 Å². The molecule has 5 nitrogen and oxygen atoms in total. The molecule has 0 amide bonds. The first-order chi connectivity index (χ1) is 13.2. The van der Waals surface area contributed by atoms with Crippen molar-refractivity contribution in [1.29, 1.82) is 0 Å². The van der Waals surface area contributed by atoms with Gasteiger partial charge in [0.2, 0.25) is 0 Å². The van der Waals surface area contributed by atoms with Gasteiger partial charge in [0.1, 0.15) is 11.9 Å². The van der Waals surface area contributed by atoms with E-state index >= 15 is 0 Å². The summed E-state index contributed by atoms with van der Waals surface area (Å²) in [5.41, 5.74) is 0.0508. The molecular formula is C23H36O5. The lowest BCUT2D eigenvalue weighted by Gasteiger charge is -2.61. The predicted octanol–water partition coefficient (Wildman–Crippen LogP) is 4.13. The number of Topliss-reactive ketones (excluding diaryl/α,β-unsaturated/α-hetero) is 1. The van der Waals surface area contributed by atoms with E-state index in [-0.39, 0.29) is 28.8 Å². The van der Waals surface area contributed by atoms with Gasteiger partial charge in [0, 0.05) is 51.7 Å². The van der Waals surface area contributed by atoms with Crippen molar-refractivity contribution in [3.8, 4) is 0 Å². The highest BCUT2D eigenvalue weighted by Crippen LogP contribution is 2.66. The van der Waals surface area contributed by atoms with Crippen LogP contribution in [0.15, 0.2) is 0 Å². The maximum atomic E-state index is 13.4. The van der Waals surface area contributed by atoms with Gasteiger partial charge in [0.25, 0.3) is 0 Å². The Balaban J connectivity index is 1.61. The molecule has 28 heavy (non-hydrogen) atoms. The molecule has 0 saturated heterocycles. The Morgan fingerprint density at radius 2 is 1.64 bits per heavy atom. The Hall–Kier alpha value is -0.940. The average Bonchev–Trinajstić information content (AvgIpc) is 2.98. The first-order valence-electron chi connectivity index (χ1n) is 11.0. The lowest BCUT2D eigenvalue weighted by molar-refractivity contribution is -0.257. The number of esters is 1. The van der Waals surface area contributed by atoms with E-state index in [0.29, 0.717) is 36.4 Å². The quantitative estimate of drug-likeness (QED) is 0.534. The van der Waals surface area contributed by atoms with Crippen LogP contribution in [0.3, 0.4) is 0 Å². The molecule has 0 radical (unpaired) electrons. The van der Waals surface area contributed by atoms with Gasteiger partial charge in [-0.3, -0.25) is 9.59 Å². The smallest absolute Gasteiger partial charge is 0.302 e. The van der Waals surface area contributed by atoms with Gasteiger partial charge in [-0.1, -0.05) is 13.8 Å². The fraction of sp³-hybridized carbons (Fsp3) is 0.913. The highest BCUT2D eigenvalue weighted by atomic mass is 16.7.